The molecule has 0 spiro atoms. The topological polar surface area (TPSA) is 102 Å². The second-order valence-corrected chi connectivity index (χ2v) is 7.66. The van der Waals surface area contributed by atoms with Crippen LogP contribution in [0, 0.1) is 0 Å². The molecule has 8 heteroatoms. The number of hydrogen-bond donors (Lipinski definition) is 2. The van der Waals surface area contributed by atoms with Gasteiger partial charge in [-0.2, -0.15) is 0 Å². The number of esters is 1. The zero-order valence-electron chi connectivity index (χ0n) is 16.6. The second-order valence-electron chi connectivity index (χ2n) is 7.23. The Labute approximate surface area is 180 Å². The largest absolute Gasteiger partial charge is 0.452 e. The first-order valence-corrected chi connectivity index (χ1v) is 10.1. The quantitative estimate of drug-likeness (QED) is 0.689. The number of carbonyl (C=O) groups excluding carboxylic acids is 3. The van der Waals surface area contributed by atoms with E-state index in [1.165, 1.54) is 5.56 Å². The average Bonchev–Trinajstić information content (AvgIpc) is 2.72. The molecule has 1 aliphatic rings. The van der Waals surface area contributed by atoms with Gasteiger partial charge in [-0.3, -0.25) is 9.59 Å². The highest BCUT2D eigenvalue weighted by atomic mass is 35.5. The molecule has 0 radical (unpaired) electrons. The van der Waals surface area contributed by atoms with Gasteiger partial charge < -0.3 is 20.7 Å². The Hall–Kier alpha value is -3.06. The normalized spacial score (nSPS) is 14.9. The lowest BCUT2D eigenvalue weighted by Gasteiger charge is -2.30. The fourth-order valence-electron chi connectivity index (χ4n) is 3.52. The molecule has 3 N–H and O–H groups in total. The van der Waals surface area contributed by atoms with Crippen LogP contribution in [-0.2, 0) is 27.3 Å². The van der Waals surface area contributed by atoms with Crippen molar-refractivity contribution >= 4 is 29.5 Å². The Balaban J connectivity index is 1.60. The van der Waals surface area contributed by atoms with Crippen molar-refractivity contribution in [1.29, 1.82) is 0 Å². The number of nitrogens with zero attached hydrogens (tertiary/aromatic N) is 1. The van der Waals surface area contributed by atoms with E-state index in [9.17, 15) is 14.4 Å². The minimum absolute atomic E-state index is 0.162. The van der Waals surface area contributed by atoms with Crippen molar-refractivity contribution in [3.05, 3.63) is 70.2 Å². The van der Waals surface area contributed by atoms with Gasteiger partial charge in [0.25, 0.3) is 5.91 Å². The van der Waals surface area contributed by atoms with Crippen molar-refractivity contribution < 1.29 is 19.1 Å². The van der Waals surface area contributed by atoms with Gasteiger partial charge in [0.15, 0.2) is 6.10 Å². The summed E-state index contributed by atoms with van der Waals surface area (Å²) in [7, 11) is 0. The second kappa shape index (κ2) is 9.63. The Bertz CT molecular complexity index is 932. The smallest absolute Gasteiger partial charge is 0.312 e. The Kier molecular flexibility index (Phi) is 6.95. The van der Waals surface area contributed by atoms with Gasteiger partial charge in [0.1, 0.15) is 0 Å². The Morgan fingerprint density at radius 2 is 1.80 bits per heavy atom. The van der Waals surface area contributed by atoms with Crippen LogP contribution in [0.25, 0.3) is 0 Å². The molecule has 0 saturated heterocycles. The Morgan fingerprint density at radius 3 is 2.47 bits per heavy atom. The van der Waals surface area contributed by atoms with Gasteiger partial charge in [-0.25, -0.2) is 4.79 Å². The number of fused-ring (bicyclic) bond motifs is 1. The lowest BCUT2D eigenvalue weighted by atomic mass is 9.99. The van der Waals surface area contributed by atoms with Crippen LogP contribution >= 0.6 is 11.6 Å². The van der Waals surface area contributed by atoms with Gasteiger partial charge in [-0.05, 0) is 42.2 Å². The fourth-order valence-corrected chi connectivity index (χ4v) is 3.65. The summed E-state index contributed by atoms with van der Waals surface area (Å²) >= 11 is 5.89. The number of urea groups is 1. The molecule has 3 rings (SSSR count). The predicted octanol–water partition coefficient (Wildman–Crippen LogP) is 2.96. The summed E-state index contributed by atoms with van der Waals surface area (Å²) in [4.78, 5) is 38.3. The lowest BCUT2D eigenvalue weighted by Crippen LogP contribution is -2.43. The average molecular weight is 430 g/mol. The summed E-state index contributed by atoms with van der Waals surface area (Å²) in [5.74, 6) is -0.856. The summed E-state index contributed by atoms with van der Waals surface area (Å²) in [5.41, 5.74) is 8.22. The van der Waals surface area contributed by atoms with E-state index in [-0.39, 0.29) is 12.3 Å². The molecule has 3 amide bonds. The van der Waals surface area contributed by atoms with Crippen molar-refractivity contribution in [3.63, 3.8) is 0 Å². The third-order valence-corrected chi connectivity index (χ3v) is 5.31. The van der Waals surface area contributed by atoms with Crippen molar-refractivity contribution in [2.24, 2.45) is 5.73 Å². The van der Waals surface area contributed by atoms with E-state index in [4.69, 9.17) is 22.1 Å². The van der Waals surface area contributed by atoms with E-state index in [1.54, 1.807) is 36.1 Å². The number of benzene rings is 2. The molecule has 0 bridgehead atoms. The summed E-state index contributed by atoms with van der Waals surface area (Å²) in [6.07, 6.45) is -0.323. The van der Waals surface area contributed by atoms with Crippen molar-refractivity contribution in [2.75, 3.05) is 6.54 Å². The molecule has 2 unspecified atom stereocenters. The number of hydrogen-bond acceptors (Lipinski definition) is 4. The first kappa shape index (κ1) is 21.6. The number of amides is 3. The van der Waals surface area contributed by atoms with Gasteiger partial charge in [0.2, 0.25) is 0 Å². The van der Waals surface area contributed by atoms with Crippen molar-refractivity contribution in [1.82, 2.24) is 10.2 Å². The van der Waals surface area contributed by atoms with Crippen molar-refractivity contribution in [2.45, 2.75) is 38.5 Å². The number of halogens is 1. The van der Waals surface area contributed by atoms with Crippen LogP contribution in [0.2, 0.25) is 5.02 Å². The monoisotopic (exact) mass is 429 g/mol. The molecular formula is C22H24ClN3O4. The van der Waals surface area contributed by atoms with Crippen LogP contribution in [0.4, 0.5) is 4.79 Å². The van der Waals surface area contributed by atoms with Gasteiger partial charge in [-0.15, -0.1) is 0 Å². The van der Waals surface area contributed by atoms with E-state index in [1.807, 2.05) is 18.2 Å². The summed E-state index contributed by atoms with van der Waals surface area (Å²) < 4.78 is 5.36. The third kappa shape index (κ3) is 5.51. The molecule has 0 fully saturated rings. The Morgan fingerprint density at radius 1 is 1.13 bits per heavy atom. The predicted molar refractivity (Wildman–Crippen MR) is 113 cm³/mol. The molecule has 158 valence electrons. The van der Waals surface area contributed by atoms with Gasteiger partial charge in [-0.1, -0.05) is 48.0 Å². The summed E-state index contributed by atoms with van der Waals surface area (Å²) in [5, 5.41) is 3.05. The SMILES string of the molecule is CC(OC(=O)CC(NC(N)=O)c1ccc(Cl)cc1)C(=O)N1CCc2ccccc2C1. The molecule has 30 heavy (non-hydrogen) atoms. The van der Waals surface area contributed by atoms with Crippen LogP contribution in [0.5, 0.6) is 0 Å². The fraction of sp³-hybridized carbons (Fsp3) is 0.318. The molecule has 0 aromatic heterocycles. The number of carbonyl (C=O) groups is 3. The number of ether oxygens (including phenoxy) is 1. The van der Waals surface area contributed by atoms with Gasteiger partial charge in [0, 0.05) is 18.1 Å². The van der Waals surface area contributed by atoms with Gasteiger partial charge >= 0.3 is 12.0 Å². The van der Waals surface area contributed by atoms with Crippen LogP contribution in [-0.4, -0.2) is 35.5 Å². The zero-order valence-corrected chi connectivity index (χ0v) is 17.4. The molecule has 7 nitrogen and oxygen atoms in total. The number of rotatable bonds is 6. The highest BCUT2D eigenvalue weighted by Gasteiger charge is 2.28. The van der Waals surface area contributed by atoms with E-state index >= 15 is 0 Å². The number of nitrogens with one attached hydrogen (secondary N) is 1. The van der Waals surface area contributed by atoms with Crippen LogP contribution in [0.3, 0.4) is 0 Å². The van der Waals surface area contributed by atoms with E-state index < -0.39 is 24.1 Å². The highest BCUT2D eigenvalue weighted by molar-refractivity contribution is 6.30. The zero-order chi connectivity index (χ0) is 21.7. The standard InChI is InChI=1S/C22H24ClN3O4/c1-14(21(28)26-11-10-15-4-2-3-5-17(15)13-26)30-20(27)12-19(25-22(24)29)16-6-8-18(23)9-7-16/h2-9,14,19H,10-13H2,1H3,(H3,24,25,29). The lowest BCUT2D eigenvalue weighted by molar-refractivity contribution is -0.160. The van der Waals surface area contributed by atoms with E-state index in [0.29, 0.717) is 23.7 Å². The van der Waals surface area contributed by atoms with E-state index in [0.717, 1.165) is 12.0 Å². The maximum atomic E-state index is 12.8. The third-order valence-electron chi connectivity index (χ3n) is 5.06. The van der Waals surface area contributed by atoms with Crippen LogP contribution in [0.15, 0.2) is 48.5 Å². The molecule has 0 saturated carbocycles. The molecule has 2 aromatic carbocycles. The minimum Gasteiger partial charge on any atom is -0.452 e. The van der Waals surface area contributed by atoms with Gasteiger partial charge in [0.05, 0.1) is 12.5 Å². The summed E-state index contributed by atoms with van der Waals surface area (Å²) in [6.45, 7) is 2.63. The molecule has 1 aliphatic heterocycles. The first-order valence-electron chi connectivity index (χ1n) is 9.70. The maximum Gasteiger partial charge on any atom is 0.312 e. The van der Waals surface area contributed by atoms with Crippen molar-refractivity contribution in [3.8, 4) is 0 Å². The van der Waals surface area contributed by atoms with E-state index in [2.05, 4.69) is 11.4 Å². The number of nitrogens with two attached hydrogens (primary N) is 1. The molecule has 0 aliphatic carbocycles. The molecule has 1 heterocycles. The van der Waals surface area contributed by atoms with Crippen LogP contribution < -0.4 is 11.1 Å². The highest BCUT2D eigenvalue weighted by Crippen LogP contribution is 2.22. The molecular weight excluding hydrogens is 406 g/mol. The minimum atomic E-state index is -0.929. The first-order chi connectivity index (χ1) is 14.3. The number of primary amides is 1. The summed E-state index contributed by atoms with van der Waals surface area (Å²) in [6, 6.07) is 13.2. The molecule has 2 aromatic rings. The maximum absolute atomic E-state index is 12.8. The van der Waals surface area contributed by atoms with Crippen LogP contribution in [0.1, 0.15) is 36.1 Å². The molecule has 2 atom stereocenters.